The van der Waals surface area contributed by atoms with E-state index in [9.17, 15) is 4.79 Å². The van der Waals surface area contributed by atoms with Crippen LogP contribution in [0, 0.1) is 12.8 Å². The molecule has 0 aliphatic carbocycles. The van der Waals surface area contributed by atoms with Crippen LogP contribution in [0.25, 0.3) is 0 Å². The van der Waals surface area contributed by atoms with Crippen molar-refractivity contribution in [2.75, 3.05) is 13.3 Å². The SMILES string of the molecule is Cc1ccc(OCc2nc(CN(CC(C)C)C(=O)c3ccc4c(c3)OCO4)cs2)cc1. The maximum Gasteiger partial charge on any atom is 0.254 e. The Hall–Kier alpha value is -3.06. The van der Waals surface area contributed by atoms with E-state index in [0.717, 1.165) is 16.5 Å². The van der Waals surface area contributed by atoms with Gasteiger partial charge in [-0.05, 0) is 43.2 Å². The summed E-state index contributed by atoms with van der Waals surface area (Å²) in [6.07, 6.45) is 0. The summed E-state index contributed by atoms with van der Waals surface area (Å²) < 4.78 is 16.6. The normalized spacial score (nSPS) is 12.3. The molecule has 0 radical (unpaired) electrons. The van der Waals surface area contributed by atoms with Crippen molar-refractivity contribution in [3.05, 3.63) is 69.7 Å². The van der Waals surface area contributed by atoms with Crippen molar-refractivity contribution >= 4 is 17.2 Å². The Morgan fingerprint density at radius 1 is 1.16 bits per heavy atom. The highest BCUT2D eigenvalue weighted by molar-refractivity contribution is 7.09. The third-order valence-corrected chi connectivity index (χ3v) is 5.70. The topological polar surface area (TPSA) is 60.9 Å². The number of rotatable bonds is 8. The standard InChI is InChI=1S/C24H26N2O4S/c1-16(2)11-26(24(27)18-6-9-21-22(10-18)30-15-29-21)12-19-14-31-23(25-19)13-28-20-7-4-17(3)5-8-20/h4-10,14,16H,11-13,15H2,1-3H3. The Kier molecular flexibility index (Phi) is 6.42. The molecule has 3 aromatic rings. The van der Waals surface area contributed by atoms with Crippen LogP contribution in [0.1, 0.15) is 40.5 Å². The van der Waals surface area contributed by atoms with Crippen LogP contribution in [0.15, 0.2) is 47.8 Å². The average molecular weight is 439 g/mol. The number of carbonyl (C=O) groups excluding carboxylic acids is 1. The van der Waals surface area contributed by atoms with Gasteiger partial charge in [0.15, 0.2) is 11.5 Å². The summed E-state index contributed by atoms with van der Waals surface area (Å²) in [5, 5.41) is 2.88. The number of aryl methyl sites for hydroxylation is 1. The number of ether oxygens (including phenoxy) is 3. The van der Waals surface area contributed by atoms with E-state index in [0.29, 0.717) is 42.7 Å². The molecule has 2 aromatic carbocycles. The lowest BCUT2D eigenvalue weighted by molar-refractivity contribution is 0.0720. The van der Waals surface area contributed by atoms with Gasteiger partial charge in [-0.3, -0.25) is 4.79 Å². The van der Waals surface area contributed by atoms with Crippen molar-refractivity contribution in [3.63, 3.8) is 0 Å². The van der Waals surface area contributed by atoms with Crippen molar-refractivity contribution in [1.29, 1.82) is 0 Å². The van der Waals surface area contributed by atoms with E-state index in [-0.39, 0.29) is 12.7 Å². The second-order valence-electron chi connectivity index (χ2n) is 7.98. The summed E-state index contributed by atoms with van der Waals surface area (Å²) >= 11 is 1.55. The number of carbonyl (C=O) groups is 1. The first-order valence-corrected chi connectivity index (χ1v) is 11.2. The Morgan fingerprint density at radius 2 is 1.94 bits per heavy atom. The van der Waals surface area contributed by atoms with Gasteiger partial charge >= 0.3 is 0 Å². The van der Waals surface area contributed by atoms with Gasteiger partial charge in [-0.15, -0.1) is 11.3 Å². The summed E-state index contributed by atoms with van der Waals surface area (Å²) in [6, 6.07) is 13.3. The third kappa shape index (κ3) is 5.35. The summed E-state index contributed by atoms with van der Waals surface area (Å²) in [4.78, 5) is 19.7. The highest BCUT2D eigenvalue weighted by Gasteiger charge is 2.22. The molecular weight excluding hydrogens is 412 g/mol. The number of benzene rings is 2. The molecule has 1 amide bonds. The molecule has 0 atom stereocenters. The summed E-state index contributed by atoms with van der Waals surface area (Å²) in [5.74, 6) is 2.39. The van der Waals surface area contributed by atoms with Crippen LogP contribution in [0.3, 0.4) is 0 Å². The van der Waals surface area contributed by atoms with Crippen molar-refractivity contribution in [2.45, 2.75) is 33.9 Å². The number of hydrogen-bond donors (Lipinski definition) is 0. The molecule has 4 rings (SSSR count). The lowest BCUT2D eigenvalue weighted by atomic mass is 10.1. The molecule has 0 fully saturated rings. The Labute approximate surface area is 186 Å². The predicted molar refractivity (Wildman–Crippen MR) is 120 cm³/mol. The minimum absolute atomic E-state index is 0.0440. The van der Waals surface area contributed by atoms with E-state index >= 15 is 0 Å². The van der Waals surface area contributed by atoms with E-state index in [2.05, 4.69) is 18.8 Å². The smallest absolute Gasteiger partial charge is 0.254 e. The van der Waals surface area contributed by atoms with Gasteiger partial charge in [0, 0.05) is 17.5 Å². The zero-order valence-corrected chi connectivity index (χ0v) is 18.8. The highest BCUT2D eigenvalue weighted by Crippen LogP contribution is 2.33. The molecule has 7 heteroatoms. The molecule has 162 valence electrons. The van der Waals surface area contributed by atoms with Crippen LogP contribution in [0.4, 0.5) is 0 Å². The largest absolute Gasteiger partial charge is 0.486 e. The van der Waals surface area contributed by atoms with E-state index in [1.807, 2.05) is 41.5 Å². The van der Waals surface area contributed by atoms with Crippen LogP contribution in [0.2, 0.25) is 0 Å². The molecule has 1 aliphatic heterocycles. The van der Waals surface area contributed by atoms with Gasteiger partial charge in [-0.2, -0.15) is 0 Å². The van der Waals surface area contributed by atoms with E-state index in [1.54, 1.807) is 29.5 Å². The van der Waals surface area contributed by atoms with Gasteiger partial charge < -0.3 is 19.1 Å². The fourth-order valence-electron chi connectivity index (χ4n) is 3.34. The number of hydrogen-bond acceptors (Lipinski definition) is 6. The number of amides is 1. The minimum Gasteiger partial charge on any atom is -0.486 e. The molecule has 1 aliphatic rings. The number of thiazole rings is 1. The lowest BCUT2D eigenvalue weighted by Crippen LogP contribution is -2.33. The van der Waals surface area contributed by atoms with Gasteiger partial charge in [0.2, 0.25) is 6.79 Å². The third-order valence-electron chi connectivity index (χ3n) is 4.83. The number of fused-ring (bicyclic) bond motifs is 1. The molecule has 0 spiro atoms. The van der Waals surface area contributed by atoms with Crippen molar-refractivity contribution < 1.29 is 19.0 Å². The molecule has 0 saturated carbocycles. The number of aromatic nitrogens is 1. The molecular formula is C24H26N2O4S. The Bertz CT molecular complexity index is 1050. The van der Waals surface area contributed by atoms with Crippen molar-refractivity contribution in [1.82, 2.24) is 9.88 Å². The monoisotopic (exact) mass is 438 g/mol. The quantitative estimate of drug-likeness (QED) is 0.492. The van der Waals surface area contributed by atoms with Gasteiger partial charge in [0.05, 0.1) is 12.2 Å². The first kappa shape index (κ1) is 21.2. The Balaban J connectivity index is 1.43. The molecule has 0 bridgehead atoms. The highest BCUT2D eigenvalue weighted by atomic mass is 32.1. The summed E-state index contributed by atoms with van der Waals surface area (Å²) in [7, 11) is 0. The van der Waals surface area contributed by atoms with Crippen LogP contribution in [-0.4, -0.2) is 29.1 Å². The average Bonchev–Trinajstić information content (AvgIpc) is 3.40. The van der Waals surface area contributed by atoms with Gasteiger partial charge in [-0.25, -0.2) is 4.98 Å². The molecule has 0 N–H and O–H groups in total. The number of nitrogens with zero attached hydrogens (tertiary/aromatic N) is 2. The first-order chi connectivity index (χ1) is 15.0. The zero-order valence-electron chi connectivity index (χ0n) is 18.0. The van der Waals surface area contributed by atoms with Crippen molar-refractivity contribution in [2.24, 2.45) is 5.92 Å². The summed E-state index contributed by atoms with van der Waals surface area (Å²) in [6.45, 7) is 7.93. The minimum atomic E-state index is -0.0440. The summed E-state index contributed by atoms with van der Waals surface area (Å²) in [5.41, 5.74) is 2.64. The molecule has 31 heavy (non-hydrogen) atoms. The van der Waals surface area contributed by atoms with Crippen LogP contribution >= 0.6 is 11.3 Å². The first-order valence-electron chi connectivity index (χ1n) is 10.3. The van der Waals surface area contributed by atoms with E-state index in [4.69, 9.17) is 14.2 Å². The predicted octanol–water partition coefficient (Wildman–Crippen LogP) is 5.06. The molecule has 2 heterocycles. The van der Waals surface area contributed by atoms with Crippen LogP contribution in [-0.2, 0) is 13.2 Å². The second kappa shape index (κ2) is 9.39. The van der Waals surface area contributed by atoms with E-state index in [1.165, 1.54) is 5.56 Å². The van der Waals surface area contributed by atoms with Gasteiger partial charge in [0.1, 0.15) is 17.4 Å². The Morgan fingerprint density at radius 3 is 2.71 bits per heavy atom. The van der Waals surface area contributed by atoms with Gasteiger partial charge in [0.25, 0.3) is 5.91 Å². The van der Waals surface area contributed by atoms with Crippen molar-refractivity contribution in [3.8, 4) is 17.2 Å². The fourth-order valence-corrected chi connectivity index (χ4v) is 4.03. The van der Waals surface area contributed by atoms with Crippen LogP contribution < -0.4 is 14.2 Å². The fraction of sp³-hybridized carbons (Fsp3) is 0.333. The molecule has 0 unspecified atom stereocenters. The van der Waals surface area contributed by atoms with Crippen LogP contribution in [0.5, 0.6) is 17.2 Å². The zero-order chi connectivity index (χ0) is 21.8. The molecule has 0 saturated heterocycles. The molecule has 6 nitrogen and oxygen atoms in total. The maximum atomic E-state index is 13.2. The lowest BCUT2D eigenvalue weighted by Gasteiger charge is -2.24. The van der Waals surface area contributed by atoms with E-state index < -0.39 is 0 Å². The second-order valence-corrected chi connectivity index (χ2v) is 8.92. The maximum absolute atomic E-state index is 13.2. The van der Waals surface area contributed by atoms with Gasteiger partial charge in [-0.1, -0.05) is 31.5 Å². The molecule has 1 aromatic heterocycles.